The molecule has 0 radical (unpaired) electrons. The minimum absolute atomic E-state index is 0.120. The van der Waals surface area contributed by atoms with Crippen LogP contribution in [0.2, 0.25) is 0 Å². The zero-order valence-electron chi connectivity index (χ0n) is 8.39. The molecule has 0 amide bonds. The fourth-order valence-electron chi connectivity index (χ4n) is 1.18. The minimum atomic E-state index is -5.33. The van der Waals surface area contributed by atoms with Gasteiger partial charge in [0.1, 0.15) is 0 Å². The number of hydrogen-bond acceptors (Lipinski definition) is 0. The summed E-state index contributed by atoms with van der Waals surface area (Å²) in [6, 6.07) is 7.49. The van der Waals surface area contributed by atoms with Crippen LogP contribution in [-0.2, 0) is 0 Å². The predicted octanol–water partition coefficient (Wildman–Crippen LogP) is 4.44. The zero-order valence-corrected chi connectivity index (χ0v) is 8.39. The van der Waals surface area contributed by atoms with Crippen LogP contribution in [-0.4, -0.2) is 12.4 Å². The lowest BCUT2D eigenvalue weighted by Gasteiger charge is -2.19. The number of allylic oxidation sites excluding steroid dienone is 1. The third-order valence-electron chi connectivity index (χ3n) is 1.99. The van der Waals surface area contributed by atoms with E-state index in [4.69, 9.17) is 0 Å². The van der Waals surface area contributed by atoms with Crippen molar-refractivity contribution < 1.29 is 26.3 Å². The Kier molecular flexibility index (Phi) is 3.85. The molecule has 1 rings (SSSR count). The highest BCUT2D eigenvalue weighted by molar-refractivity contribution is 5.49. The van der Waals surface area contributed by atoms with Gasteiger partial charge in [-0.25, -0.2) is 0 Å². The van der Waals surface area contributed by atoms with Crippen LogP contribution in [0.3, 0.4) is 0 Å². The molecule has 0 aromatic heterocycles. The number of alkyl halides is 6. The number of benzene rings is 1. The molecule has 0 unspecified atom stereocenters. The fraction of sp³-hybridized carbons (Fsp3) is 0.273. The van der Waals surface area contributed by atoms with Crippen LogP contribution in [0.1, 0.15) is 5.56 Å². The van der Waals surface area contributed by atoms with E-state index in [0.29, 0.717) is 0 Å². The Morgan fingerprint density at radius 2 is 1.29 bits per heavy atom. The third-order valence-corrected chi connectivity index (χ3v) is 1.99. The molecule has 0 aliphatic carbocycles. The van der Waals surface area contributed by atoms with E-state index in [1.807, 2.05) is 0 Å². The van der Waals surface area contributed by atoms with E-state index in [-0.39, 0.29) is 11.6 Å². The van der Waals surface area contributed by atoms with E-state index in [0.717, 1.165) is 6.08 Å². The highest BCUT2D eigenvalue weighted by Gasteiger charge is 2.54. The van der Waals surface area contributed by atoms with Gasteiger partial charge in [0, 0.05) is 0 Å². The number of halogens is 6. The molecule has 0 heterocycles. The molecule has 1 aromatic carbocycles. The maximum atomic E-state index is 12.1. The Morgan fingerprint density at radius 3 is 1.71 bits per heavy atom. The molecule has 0 N–H and O–H groups in total. The monoisotopic (exact) mass is 254 g/mol. The molecule has 0 spiro atoms. The van der Waals surface area contributed by atoms with Crippen molar-refractivity contribution in [3.05, 3.63) is 42.0 Å². The number of rotatable bonds is 2. The van der Waals surface area contributed by atoms with Crippen molar-refractivity contribution in [3.8, 4) is 0 Å². The second kappa shape index (κ2) is 4.81. The first-order valence-corrected chi connectivity index (χ1v) is 4.58. The van der Waals surface area contributed by atoms with Gasteiger partial charge in [0.25, 0.3) is 0 Å². The molecule has 0 saturated heterocycles. The Labute approximate surface area is 93.6 Å². The molecule has 94 valence electrons. The summed E-state index contributed by atoms with van der Waals surface area (Å²) in [7, 11) is 0. The van der Waals surface area contributed by atoms with Crippen LogP contribution in [0.4, 0.5) is 26.3 Å². The summed E-state index contributed by atoms with van der Waals surface area (Å²) in [4.78, 5) is 0. The van der Waals surface area contributed by atoms with Crippen LogP contribution >= 0.6 is 0 Å². The molecule has 0 bridgehead atoms. The first-order valence-electron chi connectivity index (χ1n) is 4.58. The van der Waals surface area contributed by atoms with Crippen molar-refractivity contribution in [1.29, 1.82) is 0 Å². The van der Waals surface area contributed by atoms with Crippen LogP contribution in [0, 0.1) is 5.92 Å². The van der Waals surface area contributed by atoms with Crippen molar-refractivity contribution in [2.75, 3.05) is 0 Å². The largest absolute Gasteiger partial charge is 0.403 e. The lowest BCUT2D eigenvalue weighted by molar-refractivity contribution is -0.267. The smallest absolute Gasteiger partial charge is 0.170 e. The zero-order chi connectivity index (χ0) is 13.1. The van der Waals surface area contributed by atoms with Gasteiger partial charge in [0.05, 0.1) is 0 Å². The summed E-state index contributed by atoms with van der Waals surface area (Å²) in [5, 5.41) is 0. The summed E-state index contributed by atoms with van der Waals surface area (Å²) < 4.78 is 72.9. The highest BCUT2D eigenvalue weighted by atomic mass is 19.4. The summed E-state index contributed by atoms with van der Waals surface area (Å²) in [5.41, 5.74) is 0.283. The Hall–Kier alpha value is -1.46. The minimum Gasteiger partial charge on any atom is -0.170 e. The molecular formula is C11H8F6. The first-order chi connectivity index (χ1) is 7.71. The van der Waals surface area contributed by atoms with E-state index in [1.54, 1.807) is 6.07 Å². The quantitative estimate of drug-likeness (QED) is 0.684. The summed E-state index contributed by atoms with van der Waals surface area (Å²) in [6.07, 6.45) is -9.73. The van der Waals surface area contributed by atoms with Gasteiger partial charge in [-0.15, -0.1) is 0 Å². The molecule has 0 atom stereocenters. The first kappa shape index (κ1) is 13.6. The van der Waals surface area contributed by atoms with Gasteiger partial charge < -0.3 is 0 Å². The normalized spacial score (nSPS) is 13.6. The predicted molar refractivity (Wildman–Crippen MR) is 51.1 cm³/mol. The molecule has 0 fully saturated rings. The van der Waals surface area contributed by atoms with Crippen molar-refractivity contribution in [2.45, 2.75) is 12.4 Å². The molecule has 1 aromatic rings. The summed E-state index contributed by atoms with van der Waals surface area (Å²) in [5.74, 6) is -3.43. The standard InChI is InChI=1S/C11H8F6/c12-10(13,14)9(11(15,16)17)7-6-8-4-2-1-3-5-8/h1-7,9H. The fourth-order valence-corrected chi connectivity index (χ4v) is 1.18. The molecule has 0 aliphatic heterocycles. The molecule has 17 heavy (non-hydrogen) atoms. The van der Waals surface area contributed by atoms with Gasteiger partial charge >= 0.3 is 12.4 Å². The Bertz CT molecular complexity index is 359. The van der Waals surface area contributed by atoms with Crippen molar-refractivity contribution >= 4 is 6.08 Å². The Morgan fingerprint density at radius 1 is 0.824 bits per heavy atom. The van der Waals surface area contributed by atoms with E-state index in [2.05, 4.69) is 0 Å². The molecule has 0 saturated carbocycles. The average molecular weight is 254 g/mol. The second-order valence-corrected chi connectivity index (χ2v) is 3.33. The highest BCUT2D eigenvalue weighted by Crippen LogP contribution is 2.40. The maximum absolute atomic E-state index is 12.1. The molecule has 0 aliphatic rings. The van der Waals surface area contributed by atoms with Gasteiger partial charge in [0.2, 0.25) is 0 Å². The lowest BCUT2D eigenvalue weighted by Crippen LogP contribution is -2.34. The second-order valence-electron chi connectivity index (χ2n) is 3.33. The van der Waals surface area contributed by atoms with Gasteiger partial charge in [-0.05, 0) is 5.56 Å². The summed E-state index contributed by atoms with van der Waals surface area (Å²) >= 11 is 0. The number of hydrogen-bond donors (Lipinski definition) is 0. The maximum Gasteiger partial charge on any atom is 0.403 e. The van der Waals surface area contributed by atoms with Gasteiger partial charge in [-0.1, -0.05) is 42.5 Å². The van der Waals surface area contributed by atoms with E-state index in [9.17, 15) is 26.3 Å². The average Bonchev–Trinajstić information content (AvgIpc) is 2.15. The van der Waals surface area contributed by atoms with Crippen LogP contribution in [0.5, 0.6) is 0 Å². The van der Waals surface area contributed by atoms with Crippen LogP contribution in [0.25, 0.3) is 6.08 Å². The van der Waals surface area contributed by atoms with Gasteiger partial charge in [-0.2, -0.15) is 26.3 Å². The topological polar surface area (TPSA) is 0 Å². The van der Waals surface area contributed by atoms with E-state index < -0.39 is 18.3 Å². The third kappa shape index (κ3) is 4.13. The lowest BCUT2D eigenvalue weighted by atomic mass is 10.1. The van der Waals surface area contributed by atoms with Crippen molar-refractivity contribution in [1.82, 2.24) is 0 Å². The van der Waals surface area contributed by atoms with Crippen molar-refractivity contribution in [2.24, 2.45) is 5.92 Å². The van der Waals surface area contributed by atoms with E-state index >= 15 is 0 Å². The Balaban J connectivity index is 2.92. The van der Waals surface area contributed by atoms with Gasteiger partial charge in [0.15, 0.2) is 5.92 Å². The van der Waals surface area contributed by atoms with Gasteiger partial charge in [-0.3, -0.25) is 0 Å². The molecular weight excluding hydrogens is 246 g/mol. The molecule has 6 heteroatoms. The van der Waals surface area contributed by atoms with Crippen LogP contribution in [0.15, 0.2) is 36.4 Å². The van der Waals surface area contributed by atoms with Crippen LogP contribution < -0.4 is 0 Å². The molecule has 0 nitrogen and oxygen atoms in total. The van der Waals surface area contributed by atoms with E-state index in [1.165, 1.54) is 24.3 Å². The summed E-state index contributed by atoms with van der Waals surface area (Å²) in [6.45, 7) is 0. The SMILES string of the molecule is FC(F)(F)C(C=Cc1ccccc1)C(F)(F)F. The van der Waals surface area contributed by atoms with Crippen molar-refractivity contribution in [3.63, 3.8) is 0 Å².